The Balaban J connectivity index is 2.03. The number of rotatable bonds is 7. The maximum absolute atomic E-state index is 12.6. The molecule has 1 aliphatic heterocycles. The number of aliphatic hydroxyl groups is 1. The number of anilines is 1. The molecule has 1 aliphatic rings. The quantitative estimate of drug-likeness (QED) is 0.806. The second-order valence-corrected chi connectivity index (χ2v) is 6.15. The highest BCUT2D eigenvalue weighted by atomic mass is 16.3. The minimum absolute atomic E-state index is 0.115. The molecule has 1 aromatic carbocycles. The van der Waals surface area contributed by atoms with Crippen molar-refractivity contribution >= 4 is 17.5 Å². The Morgan fingerprint density at radius 1 is 1.35 bits per heavy atom. The molecule has 0 fully saturated rings. The predicted octanol–water partition coefficient (Wildman–Crippen LogP) is 1.88. The third-order valence-corrected chi connectivity index (χ3v) is 4.42. The van der Waals surface area contributed by atoms with Gasteiger partial charge in [-0.3, -0.25) is 14.5 Å². The maximum Gasteiger partial charge on any atom is 0.243 e. The number of nitrogens with one attached hydrogen (secondary N) is 1. The van der Waals surface area contributed by atoms with Crippen molar-refractivity contribution in [2.24, 2.45) is 5.92 Å². The molecule has 0 saturated heterocycles. The number of amides is 2. The average molecular weight is 318 g/mol. The van der Waals surface area contributed by atoms with E-state index < -0.39 is 6.04 Å². The van der Waals surface area contributed by atoms with Crippen molar-refractivity contribution in [3.05, 3.63) is 29.8 Å². The minimum Gasteiger partial charge on any atom is -0.396 e. The van der Waals surface area contributed by atoms with E-state index in [0.29, 0.717) is 19.4 Å². The summed E-state index contributed by atoms with van der Waals surface area (Å²) in [5.41, 5.74) is 1.86. The normalized spacial score (nSPS) is 17.7. The van der Waals surface area contributed by atoms with Crippen LogP contribution in [-0.4, -0.2) is 36.1 Å². The summed E-state index contributed by atoms with van der Waals surface area (Å²) in [4.78, 5) is 26.1. The van der Waals surface area contributed by atoms with E-state index in [4.69, 9.17) is 5.11 Å². The van der Waals surface area contributed by atoms with E-state index in [-0.39, 0.29) is 24.3 Å². The average Bonchev–Trinajstić information content (AvgIpc) is 2.92. The molecule has 1 heterocycles. The molecule has 2 N–H and O–H groups in total. The first-order valence-electron chi connectivity index (χ1n) is 8.34. The van der Waals surface area contributed by atoms with Gasteiger partial charge >= 0.3 is 0 Å². The highest BCUT2D eigenvalue weighted by molar-refractivity contribution is 6.02. The van der Waals surface area contributed by atoms with E-state index >= 15 is 0 Å². The Kier molecular flexibility index (Phi) is 6.16. The lowest BCUT2D eigenvalue weighted by molar-refractivity contribution is -0.125. The molecule has 1 aromatic rings. The number of carbonyl (C=O) groups is 2. The second-order valence-electron chi connectivity index (χ2n) is 6.15. The Hall–Kier alpha value is -1.88. The van der Waals surface area contributed by atoms with Crippen molar-refractivity contribution in [1.29, 1.82) is 0 Å². The Labute approximate surface area is 137 Å². The smallest absolute Gasteiger partial charge is 0.243 e. The number of para-hydroxylation sites is 1. The number of fused-ring (bicyclic) bond motifs is 1. The first-order valence-corrected chi connectivity index (χ1v) is 8.34. The zero-order valence-electron chi connectivity index (χ0n) is 13.9. The van der Waals surface area contributed by atoms with Crippen LogP contribution in [-0.2, 0) is 16.0 Å². The van der Waals surface area contributed by atoms with Crippen LogP contribution in [0.15, 0.2) is 24.3 Å². The van der Waals surface area contributed by atoms with Gasteiger partial charge < -0.3 is 10.4 Å². The molecule has 0 aromatic heterocycles. The third-order valence-electron chi connectivity index (χ3n) is 4.42. The van der Waals surface area contributed by atoms with Crippen LogP contribution in [0.1, 0.15) is 38.7 Å². The molecule has 1 unspecified atom stereocenters. The van der Waals surface area contributed by atoms with Gasteiger partial charge in [-0.05, 0) is 30.4 Å². The number of nitrogens with zero attached hydrogens (tertiary/aromatic N) is 1. The van der Waals surface area contributed by atoms with Crippen molar-refractivity contribution in [2.45, 2.75) is 45.6 Å². The lowest BCUT2D eigenvalue weighted by Crippen LogP contribution is -2.48. The molecule has 0 aliphatic carbocycles. The fourth-order valence-electron chi connectivity index (χ4n) is 3.29. The Morgan fingerprint density at radius 3 is 2.74 bits per heavy atom. The maximum atomic E-state index is 12.6. The van der Waals surface area contributed by atoms with Gasteiger partial charge in [0.1, 0.15) is 6.04 Å². The molecule has 0 saturated carbocycles. The largest absolute Gasteiger partial charge is 0.396 e. The van der Waals surface area contributed by atoms with Crippen LogP contribution in [0, 0.1) is 5.92 Å². The topological polar surface area (TPSA) is 69.6 Å². The van der Waals surface area contributed by atoms with Gasteiger partial charge in [-0.1, -0.05) is 31.5 Å². The lowest BCUT2D eigenvalue weighted by atomic mass is 10.00. The van der Waals surface area contributed by atoms with E-state index in [1.165, 1.54) is 6.92 Å². The van der Waals surface area contributed by atoms with E-state index in [1.54, 1.807) is 4.90 Å². The minimum atomic E-state index is -0.471. The van der Waals surface area contributed by atoms with Crippen LogP contribution < -0.4 is 10.2 Å². The van der Waals surface area contributed by atoms with Crippen LogP contribution in [0.3, 0.4) is 0 Å². The monoisotopic (exact) mass is 318 g/mol. The van der Waals surface area contributed by atoms with Gasteiger partial charge in [0.2, 0.25) is 11.8 Å². The lowest BCUT2D eigenvalue weighted by Gasteiger charge is -2.24. The SMILES string of the molecule is CCCC(CCO)CNC(=O)[C@@H]1Cc2ccccc2N1C(C)=O. The molecule has 0 radical (unpaired) electrons. The second kappa shape index (κ2) is 8.11. The van der Waals surface area contributed by atoms with Gasteiger partial charge in [0, 0.05) is 32.2 Å². The standard InChI is InChI=1S/C18H26N2O3/c1-3-6-14(9-10-21)12-19-18(23)17-11-15-7-4-5-8-16(15)20(17)13(2)22/h4-5,7-8,14,17,21H,3,6,9-12H2,1-2H3,(H,19,23)/t14?,17-/m0/s1. The number of carbonyl (C=O) groups excluding carboxylic acids is 2. The van der Waals surface area contributed by atoms with E-state index in [1.807, 2.05) is 24.3 Å². The third kappa shape index (κ3) is 4.10. The number of hydrogen-bond donors (Lipinski definition) is 2. The first kappa shape index (κ1) is 17.5. The molecule has 2 amide bonds. The zero-order chi connectivity index (χ0) is 16.8. The highest BCUT2D eigenvalue weighted by Crippen LogP contribution is 2.32. The molecule has 2 atom stereocenters. The van der Waals surface area contributed by atoms with Crippen LogP contribution in [0.5, 0.6) is 0 Å². The Morgan fingerprint density at radius 2 is 2.09 bits per heavy atom. The van der Waals surface area contributed by atoms with E-state index in [0.717, 1.165) is 24.1 Å². The van der Waals surface area contributed by atoms with Gasteiger partial charge in [0.05, 0.1) is 0 Å². The summed E-state index contributed by atoms with van der Waals surface area (Å²) in [6.07, 6.45) is 3.24. The van der Waals surface area contributed by atoms with Crippen LogP contribution in [0.4, 0.5) is 5.69 Å². The van der Waals surface area contributed by atoms with Crippen LogP contribution in [0.25, 0.3) is 0 Å². The fourth-order valence-corrected chi connectivity index (χ4v) is 3.29. The van der Waals surface area contributed by atoms with E-state index in [2.05, 4.69) is 12.2 Å². The van der Waals surface area contributed by atoms with Gasteiger partial charge in [-0.2, -0.15) is 0 Å². The van der Waals surface area contributed by atoms with Gasteiger partial charge in [0.15, 0.2) is 0 Å². The molecule has 0 spiro atoms. The molecule has 126 valence electrons. The summed E-state index contributed by atoms with van der Waals surface area (Å²) in [5, 5.41) is 12.1. The number of aliphatic hydroxyl groups excluding tert-OH is 1. The van der Waals surface area contributed by atoms with Crippen molar-refractivity contribution in [1.82, 2.24) is 5.32 Å². The van der Waals surface area contributed by atoms with Crippen molar-refractivity contribution in [3.8, 4) is 0 Å². The molecule has 5 heteroatoms. The molecular weight excluding hydrogens is 292 g/mol. The van der Waals surface area contributed by atoms with E-state index in [9.17, 15) is 9.59 Å². The molecule has 23 heavy (non-hydrogen) atoms. The predicted molar refractivity (Wildman–Crippen MR) is 90.2 cm³/mol. The molecule has 2 rings (SSSR count). The molecule has 0 bridgehead atoms. The summed E-state index contributed by atoms with van der Waals surface area (Å²) in [6.45, 7) is 4.27. The summed E-state index contributed by atoms with van der Waals surface area (Å²) in [5.74, 6) is 0.0505. The van der Waals surface area contributed by atoms with Crippen LogP contribution >= 0.6 is 0 Å². The first-order chi connectivity index (χ1) is 11.1. The zero-order valence-corrected chi connectivity index (χ0v) is 13.9. The van der Waals surface area contributed by atoms with Crippen molar-refractivity contribution < 1.29 is 14.7 Å². The highest BCUT2D eigenvalue weighted by Gasteiger charge is 2.36. The molecule has 5 nitrogen and oxygen atoms in total. The van der Waals surface area contributed by atoms with Crippen molar-refractivity contribution in [3.63, 3.8) is 0 Å². The van der Waals surface area contributed by atoms with Gasteiger partial charge in [-0.15, -0.1) is 0 Å². The fraction of sp³-hybridized carbons (Fsp3) is 0.556. The van der Waals surface area contributed by atoms with Crippen molar-refractivity contribution in [2.75, 3.05) is 18.1 Å². The number of benzene rings is 1. The summed E-state index contributed by atoms with van der Waals surface area (Å²) in [7, 11) is 0. The summed E-state index contributed by atoms with van der Waals surface area (Å²) >= 11 is 0. The summed E-state index contributed by atoms with van der Waals surface area (Å²) < 4.78 is 0. The van der Waals surface area contributed by atoms with Gasteiger partial charge in [0.25, 0.3) is 0 Å². The summed E-state index contributed by atoms with van der Waals surface area (Å²) in [6, 6.07) is 7.19. The molecular formula is C18H26N2O3. The Bertz CT molecular complexity index is 553. The van der Waals surface area contributed by atoms with Gasteiger partial charge in [-0.25, -0.2) is 0 Å². The van der Waals surface area contributed by atoms with Crippen LogP contribution in [0.2, 0.25) is 0 Å². The number of hydrogen-bond acceptors (Lipinski definition) is 3.